The number of hydrogen-bond donors (Lipinski definition) is 0. The average molecular weight is 744 g/mol. The summed E-state index contributed by atoms with van der Waals surface area (Å²) in [5.41, 5.74) is 12.7. The fraction of sp³-hybridized carbons (Fsp3) is 0. The highest BCUT2D eigenvalue weighted by atomic mass is 32.1. The van der Waals surface area contributed by atoms with Crippen molar-refractivity contribution in [2.24, 2.45) is 0 Å². The zero-order valence-corrected chi connectivity index (χ0v) is 31.6. The van der Waals surface area contributed by atoms with Crippen LogP contribution in [0.25, 0.3) is 109 Å². The molecule has 3 heterocycles. The van der Waals surface area contributed by atoms with Gasteiger partial charge in [-0.05, 0) is 97.9 Å². The van der Waals surface area contributed by atoms with E-state index in [4.69, 9.17) is 15.0 Å². The Morgan fingerprint density at radius 1 is 0.351 bits per heavy atom. The third kappa shape index (κ3) is 5.95. The van der Waals surface area contributed by atoms with E-state index >= 15 is 0 Å². The number of benzene rings is 8. The molecule has 0 atom stereocenters. The Bertz CT molecular complexity index is 3300. The van der Waals surface area contributed by atoms with Crippen molar-refractivity contribution in [1.29, 1.82) is 0 Å². The maximum absolute atomic E-state index is 5.34. The van der Waals surface area contributed by atoms with Crippen LogP contribution < -0.4 is 0 Å². The van der Waals surface area contributed by atoms with Crippen LogP contribution in [0.5, 0.6) is 0 Å². The fourth-order valence-corrected chi connectivity index (χ4v) is 9.36. The van der Waals surface area contributed by atoms with Crippen LogP contribution in [0.15, 0.2) is 200 Å². The van der Waals surface area contributed by atoms with Crippen molar-refractivity contribution in [3.63, 3.8) is 0 Å². The molecule has 3 aromatic heterocycles. The van der Waals surface area contributed by atoms with Crippen molar-refractivity contribution in [1.82, 2.24) is 15.0 Å². The molecule has 8 aromatic carbocycles. The predicted molar refractivity (Wildman–Crippen MR) is 240 cm³/mol. The summed E-state index contributed by atoms with van der Waals surface area (Å²) in [5.74, 6) is 0.687. The Morgan fingerprint density at radius 3 is 1.74 bits per heavy atom. The van der Waals surface area contributed by atoms with Crippen LogP contribution in [0.2, 0.25) is 0 Å². The second-order valence-electron chi connectivity index (χ2n) is 14.4. The maximum atomic E-state index is 5.34. The van der Waals surface area contributed by atoms with Crippen LogP contribution in [-0.4, -0.2) is 15.0 Å². The predicted octanol–water partition coefficient (Wildman–Crippen LogP) is 14.5. The van der Waals surface area contributed by atoms with E-state index in [1.54, 1.807) is 11.3 Å². The first kappa shape index (κ1) is 33.1. The van der Waals surface area contributed by atoms with Crippen LogP contribution in [0.1, 0.15) is 0 Å². The number of thiophene rings is 1. The van der Waals surface area contributed by atoms with Gasteiger partial charge in [0.05, 0.1) is 21.6 Å². The summed E-state index contributed by atoms with van der Waals surface area (Å²) in [4.78, 5) is 15.5. The molecule has 0 fully saturated rings. The van der Waals surface area contributed by atoms with Crippen molar-refractivity contribution >= 4 is 53.2 Å². The number of fused-ring (bicyclic) bond motifs is 6. The lowest BCUT2D eigenvalue weighted by Gasteiger charge is -2.16. The van der Waals surface area contributed by atoms with Gasteiger partial charge in [0.25, 0.3) is 0 Å². The van der Waals surface area contributed by atoms with Crippen molar-refractivity contribution in [3.8, 4) is 67.3 Å². The highest BCUT2D eigenvalue weighted by Crippen LogP contribution is 2.43. The van der Waals surface area contributed by atoms with Gasteiger partial charge in [-0.1, -0.05) is 146 Å². The van der Waals surface area contributed by atoms with Gasteiger partial charge in [0.1, 0.15) is 0 Å². The number of aromatic nitrogens is 3. The molecule has 0 amide bonds. The van der Waals surface area contributed by atoms with Crippen LogP contribution in [0.3, 0.4) is 0 Å². The van der Waals surface area contributed by atoms with Crippen LogP contribution in [0.4, 0.5) is 0 Å². The van der Waals surface area contributed by atoms with E-state index in [9.17, 15) is 0 Å². The van der Waals surface area contributed by atoms with Gasteiger partial charge in [-0.25, -0.2) is 9.97 Å². The Labute approximate surface area is 334 Å². The van der Waals surface area contributed by atoms with Crippen molar-refractivity contribution in [3.05, 3.63) is 200 Å². The molecule has 11 aromatic rings. The molecule has 0 aliphatic rings. The molecular weight excluding hydrogens is 711 g/mol. The number of nitrogens with zero attached hydrogens (tertiary/aromatic N) is 3. The van der Waals surface area contributed by atoms with Gasteiger partial charge in [-0.2, -0.15) is 0 Å². The van der Waals surface area contributed by atoms with Crippen molar-refractivity contribution < 1.29 is 0 Å². The third-order valence-electron chi connectivity index (χ3n) is 10.9. The first-order valence-electron chi connectivity index (χ1n) is 19.2. The van der Waals surface area contributed by atoms with Gasteiger partial charge in [0, 0.05) is 38.5 Å². The molecule has 0 N–H and O–H groups in total. The molecule has 0 unspecified atom stereocenters. The summed E-state index contributed by atoms with van der Waals surface area (Å²) in [7, 11) is 0. The van der Waals surface area contributed by atoms with Crippen LogP contribution in [-0.2, 0) is 0 Å². The topological polar surface area (TPSA) is 38.7 Å². The van der Waals surface area contributed by atoms with E-state index in [0.29, 0.717) is 5.82 Å². The quantitative estimate of drug-likeness (QED) is 0.159. The molecule has 0 aliphatic carbocycles. The smallest absolute Gasteiger partial charge is 0.160 e. The first-order valence-corrected chi connectivity index (χ1v) is 20.0. The largest absolute Gasteiger partial charge is 0.255 e. The fourth-order valence-electron chi connectivity index (χ4n) is 8.16. The standard InChI is InChI=1S/C53H33N3S/c1-3-14-34(15-4-1)36-19-13-20-38(28-36)48-33-49(56-53(55-48)35-16-5-2-6-17-35)41-30-39(43-26-27-54-51-46-24-11-12-25-50(46)57-52(43)51)29-40(31-41)47-32-37-18-7-8-21-42(37)44-22-9-10-23-45(44)47/h1-33H. The molecule has 0 aliphatic heterocycles. The Kier molecular flexibility index (Phi) is 8.01. The summed E-state index contributed by atoms with van der Waals surface area (Å²) < 4.78 is 2.41. The van der Waals surface area contributed by atoms with Crippen molar-refractivity contribution in [2.45, 2.75) is 0 Å². The van der Waals surface area contributed by atoms with Crippen molar-refractivity contribution in [2.75, 3.05) is 0 Å². The monoisotopic (exact) mass is 743 g/mol. The first-order chi connectivity index (χ1) is 28.2. The molecular formula is C53H33N3S. The Balaban J connectivity index is 1.18. The summed E-state index contributed by atoms with van der Waals surface area (Å²) in [6.07, 6.45) is 1.95. The molecule has 266 valence electrons. The molecule has 3 nitrogen and oxygen atoms in total. The zero-order valence-electron chi connectivity index (χ0n) is 30.8. The summed E-state index contributed by atoms with van der Waals surface area (Å²) in [5, 5.41) is 6.10. The second kappa shape index (κ2) is 13.8. The minimum atomic E-state index is 0.687. The van der Waals surface area contributed by atoms with Gasteiger partial charge < -0.3 is 0 Å². The molecule has 11 rings (SSSR count). The van der Waals surface area contributed by atoms with E-state index in [1.165, 1.54) is 47.5 Å². The van der Waals surface area contributed by atoms with Gasteiger partial charge >= 0.3 is 0 Å². The minimum absolute atomic E-state index is 0.687. The molecule has 0 bridgehead atoms. The summed E-state index contributed by atoms with van der Waals surface area (Å²) in [6.45, 7) is 0. The number of pyridine rings is 1. The minimum Gasteiger partial charge on any atom is -0.255 e. The van der Waals surface area contributed by atoms with Gasteiger partial charge in [0.2, 0.25) is 0 Å². The van der Waals surface area contributed by atoms with Crippen LogP contribution in [0, 0.1) is 0 Å². The Hall–Kier alpha value is -7.27. The number of rotatable bonds is 6. The average Bonchev–Trinajstić information content (AvgIpc) is 3.68. The van der Waals surface area contributed by atoms with Gasteiger partial charge in [0.15, 0.2) is 5.82 Å². The van der Waals surface area contributed by atoms with E-state index < -0.39 is 0 Å². The second-order valence-corrected chi connectivity index (χ2v) is 15.5. The van der Waals surface area contributed by atoms with E-state index in [2.05, 4.69) is 176 Å². The third-order valence-corrected chi connectivity index (χ3v) is 12.1. The highest BCUT2D eigenvalue weighted by molar-refractivity contribution is 7.26. The van der Waals surface area contributed by atoms with E-state index in [-0.39, 0.29) is 0 Å². The van der Waals surface area contributed by atoms with E-state index in [0.717, 1.165) is 55.8 Å². The van der Waals surface area contributed by atoms with E-state index in [1.807, 2.05) is 24.4 Å². The lowest BCUT2D eigenvalue weighted by Crippen LogP contribution is -1.97. The molecule has 4 heteroatoms. The van der Waals surface area contributed by atoms with Crippen LogP contribution >= 0.6 is 11.3 Å². The molecule has 0 spiro atoms. The molecule has 0 saturated carbocycles. The molecule has 0 radical (unpaired) electrons. The normalized spacial score (nSPS) is 11.5. The zero-order chi connectivity index (χ0) is 37.7. The highest BCUT2D eigenvalue weighted by Gasteiger charge is 2.18. The molecule has 57 heavy (non-hydrogen) atoms. The van der Waals surface area contributed by atoms with Gasteiger partial charge in [-0.3, -0.25) is 4.98 Å². The lowest BCUT2D eigenvalue weighted by molar-refractivity contribution is 1.18. The number of hydrogen-bond acceptors (Lipinski definition) is 4. The molecule has 0 saturated heterocycles. The maximum Gasteiger partial charge on any atom is 0.160 e. The SMILES string of the molecule is c1ccc(-c2cccc(-c3cc(-c4cc(-c5cc6ccccc6c6ccccc56)cc(-c5ccnc6c5sc5ccccc56)c4)nc(-c4ccccc4)n3)c2)cc1. The van der Waals surface area contributed by atoms with Gasteiger partial charge in [-0.15, -0.1) is 11.3 Å². The summed E-state index contributed by atoms with van der Waals surface area (Å²) >= 11 is 1.80. The lowest BCUT2D eigenvalue weighted by atomic mass is 9.90. The Morgan fingerprint density at radius 2 is 0.930 bits per heavy atom. The summed E-state index contributed by atoms with van der Waals surface area (Å²) in [6, 6.07) is 69.1.